The van der Waals surface area contributed by atoms with E-state index in [4.69, 9.17) is 0 Å². The first-order chi connectivity index (χ1) is 7.88. The van der Waals surface area contributed by atoms with E-state index in [2.05, 4.69) is 26.0 Å². The van der Waals surface area contributed by atoms with Gasteiger partial charge in [0.2, 0.25) is 0 Å². The zero-order valence-corrected chi connectivity index (χ0v) is 11.6. The molecule has 90 valence electrons. The van der Waals surface area contributed by atoms with Gasteiger partial charge in [0.15, 0.2) is 11.6 Å². The molecule has 1 aromatic heterocycles. The second-order valence-electron chi connectivity index (χ2n) is 4.45. The van der Waals surface area contributed by atoms with Crippen LogP contribution in [-0.2, 0) is 12.6 Å². The van der Waals surface area contributed by atoms with Crippen molar-refractivity contribution in [2.24, 2.45) is 7.05 Å². The minimum absolute atomic E-state index is 0.551. The average molecular weight is 296 g/mol. The molecule has 0 aliphatic carbocycles. The molecule has 1 N–H and O–H groups in total. The van der Waals surface area contributed by atoms with E-state index >= 15 is 0 Å². The van der Waals surface area contributed by atoms with Gasteiger partial charge in [0.1, 0.15) is 5.60 Å². The fourth-order valence-electron chi connectivity index (χ4n) is 1.64. The molecule has 0 aliphatic heterocycles. The molecule has 0 spiro atoms. The molecule has 2 aromatic rings. The van der Waals surface area contributed by atoms with Gasteiger partial charge in [0.05, 0.1) is 0 Å². The standard InChI is InChI=1S/C12H14BrN3O/c1-12(2,17)11-14-10(15-16(11)3)8-4-6-9(13)7-5-8/h4-7,17H,1-3H3. The highest BCUT2D eigenvalue weighted by Crippen LogP contribution is 2.22. The van der Waals surface area contributed by atoms with Crippen molar-refractivity contribution in [2.45, 2.75) is 19.4 Å². The van der Waals surface area contributed by atoms with Crippen molar-refractivity contribution >= 4 is 15.9 Å². The van der Waals surface area contributed by atoms with E-state index in [1.54, 1.807) is 25.6 Å². The molecule has 17 heavy (non-hydrogen) atoms. The third-order valence-corrected chi connectivity index (χ3v) is 2.94. The van der Waals surface area contributed by atoms with Gasteiger partial charge in [-0.15, -0.1) is 0 Å². The molecule has 0 fully saturated rings. The molecule has 0 amide bonds. The summed E-state index contributed by atoms with van der Waals surface area (Å²) in [5.41, 5.74) is -0.0608. The summed E-state index contributed by atoms with van der Waals surface area (Å²) in [6, 6.07) is 7.76. The van der Waals surface area contributed by atoms with Gasteiger partial charge < -0.3 is 5.11 Å². The van der Waals surface area contributed by atoms with Crippen LogP contribution in [0.2, 0.25) is 0 Å². The van der Waals surface area contributed by atoms with E-state index < -0.39 is 5.60 Å². The van der Waals surface area contributed by atoms with Crippen LogP contribution in [0.5, 0.6) is 0 Å². The van der Waals surface area contributed by atoms with E-state index in [-0.39, 0.29) is 0 Å². The van der Waals surface area contributed by atoms with Crippen molar-refractivity contribution in [2.75, 3.05) is 0 Å². The minimum atomic E-state index is -0.991. The number of rotatable bonds is 2. The van der Waals surface area contributed by atoms with Gasteiger partial charge in [0.25, 0.3) is 0 Å². The summed E-state index contributed by atoms with van der Waals surface area (Å²) in [6.07, 6.45) is 0. The molecule has 1 heterocycles. The predicted molar refractivity (Wildman–Crippen MR) is 69.4 cm³/mol. The highest BCUT2D eigenvalue weighted by atomic mass is 79.9. The highest BCUT2D eigenvalue weighted by Gasteiger charge is 2.23. The molecule has 4 nitrogen and oxygen atoms in total. The van der Waals surface area contributed by atoms with Crippen LogP contribution in [0.15, 0.2) is 28.7 Å². The van der Waals surface area contributed by atoms with Gasteiger partial charge in [-0.1, -0.05) is 28.1 Å². The number of aryl methyl sites for hydroxylation is 1. The molecule has 0 aliphatic rings. The van der Waals surface area contributed by atoms with Crippen molar-refractivity contribution in [3.63, 3.8) is 0 Å². The number of halogens is 1. The zero-order chi connectivity index (χ0) is 12.6. The molecule has 0 saturated carbocycles. The lowest BCUT2D eigenvalue weighted by Crippen LogP contribution is -2.21. The van der Waals surface area contributed by atoms with Crippen molar-refractivity contribution in [3.05, 3.63) is 34.6 Å². The summed E-state index contributed by atoms with van der Waals surface area (Å²) in [7, 11) is 1.78. The normalized spacial score (nSPS) is 11.8. The first-order valence-corrected chi connectivity index (χ1v) is 6.07. The van der Waals surface area contributed by atoms with Crippen LogP contribution in [-0.4, -0.2) is 19.9 Å². The van der Waals surface area contributed by atoms with Crippen LogP contribution >= 0.6 is 15.9 Å². The summed E-state index contributed by atoms with van der Waals surface area (Å²) < 4.78 is 2.62. The van der Waals surface area contributed by atoms with Gasteiger partial charge in [0, 0.05) is 17.1 Å². The highest BCUT2D eigenvalue weighted by molar-refractivity contribution is 9.10. The molecule has 0 bridgehead atoms. The Hall–Kier alpha value is -1.20. The molecule has 5 heteroatoms. The third kappa shape index (κ3) is 2.56. The number of nitrogens with zero attached hydrogens (tertiary/aromatic N) is 3. The van der Waals surface area contributed by atoms with Crippen molar-refractivity contribution in [3.8, 4) is 11.4 Å². The number of aromatic nitrogens is 3. The Morgan fingerprint density at radius 1 is 1.24 bits per heavy atom. The van der Waals surface area contributed by atoms with Gasteiger partial charge in [-0.05, 0) is 26.0 Å². The smallest absolute Gasteiger partial charge is 0.181 e. The molecule has 0 atom stereocenters. The van der Waals surface area contributed by atoms with Gasteiger partial charge in [-0.25, -0.2) is 9.67 Å². The Labute approximate surface area is 108 Å². The number of benzene rings is 1. The number of hydrogen-bond donors (Lipinski definition) is 1. The van der Waals surface area contributed by atoms with Crippen LogP contribution in [0.1, 0.15) is 19.7 Å². The lowest BCUT2D eigenvalue weighted by molar-refractivity contribution is 0.0648. The summed E-state index contributed by atoms with van der Waals surface area (Å²) in [4.78, 5) is 4.37. The summed E-state index contributed by atoms with van der Waals surface area (Å²) in [5.74, 6) is 1.17. The van der Waals surface area contributed by atoms with E-state index in [9.17, 15) is 5.11 Å². The number of aliphatic hydroxyl groups is 1. The lowest BCUT2D eigenvalue weighted by Gasteiger charge is -2.14. The minimum Gasteiger partial charge on any atom is -0.382 e. The van der Waals surface area contributed by atoms with E-state index in [1.165, 1.54) is 0 Å². The topological polar surface area (TPSA) is 50.9 Å². The fraction of sp³-hybridized carbons (Fsp3) is 0.333. The van der Waals surface area contributed by atoms with E-state index in [0.29, 0.717) is 11.6 Å². The van der Waals surface area contributed by atoms with Crippen LogP contribution in [0.3, 0.4) is 0 Å². The Bertz CT molecular complexity index is 526. The lowest BCUT2D eigenvalue weighted by atomic mass is 10.1. The second-order valence-corrected chi connectivity index (χ2v) is 5.36. The molecule has 0 unspecified atom stereocenters. The SMILES string of the molecule is Cn1nc(-c2ccc(Br)cc2)nc1C(C)(C)O. The molecular formula is C12H14BrN3O. The van der Waals surface area contributed by atoms with Gasteiger partial charge in [-0.3, -0.25) is 0 Å². The maximum Gasteiger partial charge on any atom is 0.181 e. The Kier molecular flexibility index (Phi) is 3.05. The van der Waals surface area contributed by atoms with Crippen molar-refractivity contribution in [1.29, 1.82) is 0 Å². The molecular weight excluding hydrogens is 282 g/mol. The summed E-state index contributed by atoms with van der Waals surface area (Å²) in [5, 5.41) is 14.3. The Morgan fingerprint density at radius 2 is 1.82 bits per heavy atom. The maximum absolute atomic E-state index is 9.94. The monoisotopic (exact) mass is 295 g/mol. The zero-order valence-electron chi connectivity index (χ0n) is 9.98. The third-order valence-electron chi connectivity index (χ3n) is 2.41. The van der Waals surface area contributed by atoms with Crippen LogP contribution in [0.25, 0.3) is 11.4 Å². The van der Waals surface area contributed by atoms with Crippen LogP contribution in [0, 0.1) is 0 Å². The molecule has 1 aromatic carbocycles. The number of hydrogen-bond acceptors (Lipinski definition) is 3. The molecule has 0 radical (unpaired) electrons. The van der Waals surface area contributed by atoms with Gasteiger partial charge >= 0.3 is 0 Å². The summed E-state index contributed by atoms with van der Waals surface area (Å²) in [6.45, 7) is 3.39. The van der Waals surface area contributed by atoms with Crippen LogP contribution < -0.4 is 0 Å². The fourth-order valence-corrected chi connectivity index (χ4v) is 1.90. The van der Waals surface area contributed by atoms with Gasteiger partial charge in [-0.2, -0.15) is 5.10 Å². The largest absolute Gasteiger partial charge is 0.382 e. The Morgan fingerprint density at radius 3 is 2.29 bits per heavy atom. The van der Waals surface area contributed by atoms with E-state index in [0.717, 1.165) is 10.0 Å². The summed E-state index contributed by atoms with van der Waals surface area (Å²) >= 11 is 3.38. The quantitative estimate of drug-likeness (QED) is 0.926. The predicted octanol–water partition coefficient (Wildman–Crippen LogP) is 2.47. The van der Waals surface area contributed by atoms with E-state index in [1.807, 2.05) is 24.3 Å². The first-order valence-electron chi connectivity index (χ1n) is 5.28. The van der Waals surface area contributed by atoms with Crippen LogP contribution in [0.4, 0.5) is 0 Å². The van der Waals surface area contributed by atoms with Crippen molar-refractivity contribution < 1.29 is 5.11 Å². The second kappa shape index (κ2) is 4.23. The molecule has 0 saturated heterocycles. The average Bonchev–Trinajstić information content (AvgIpc) is 2.61. The van der Waals surface area contributed by atoms with Crippen molar-refractivity contribution in [1.82, 2.24) is 14.8 Å². The maximum atomic E-state index is 9.94. The molecule has 2 rings (SSSR count). The Balaban J connectivity index is 2.45. The first kappa shape index (κ1) is 12.3.